The molecule has 98 valence electrons. The van der Waals surface area contributed by atoms with Crippen molar-refractivity contribution in [2.45, 2.75) is 6.61 Å². The van der Waals surface area contributed by atoms with Crippen LogP contribution in [0.25, 0.3) is 5.88 Å². The second-order valence-corrected chi connectivity index (χ2v) is 4.30. The minimum Gasteiger partial charge on any atom is -0.465 e. The van der Waals surface area contributed by atoms with Gasteiger partial charge in [-0.3, -0.25) is 0 Å². The van der Waals surface area contributed by atoms with Crippen molar-refractivity contribution in [3.05, 3.63) is 33.8 Å². The molecule has 10 heteroatoms. The summed E-state index contributed by atoms with van der Waals surface area (Å²) in [6.07, 6.45) is 1.56. The maximum Gasteiger partial charge on any atom is 0.370 e. The lowest BCUT2D eigenvalue weighted by Crippen LogP contribution is -2.22. The first-order valence-corrected chi connectivity index (χ1v) is 6.01. The Hall–Kier alpha value is -2.49. The molecular formula is C9H8N6O3S. The van der Waals surface area contributed by atoms with Gasteiger partial charge in [-0.2, -0.15) is 4.68 Å². The molecule has 0 aliphatic rings. The molecule has 0 unspecified atom stereocenters. The average molecular weight is 282 g/mol. The van der Waals surface area contributed by atoms with Crippen LogP contribution in [0.2, 0.25) is 0 Å². The number of rotatable bonds is 4. The summed E-state index contributed by atoms with van der Waals surface area (Å²) in [5, 5.41) is 12.8. The Bertz CT molecular complexity index is 790. The molecule has 3 rings (SSSR count). The maximum absolute atomic E-state index is 11.7. The van der Waals surface area contributed by atoms with E-state index in [9.17, 15) is 4.79 Å². The van der Waals surface area contributed by atoms with E-state index in [0.717, 1.165) is 9.36 Å². The van der Waals surface area contributed by atoms with Gasteiger partial charge in [0.05, 0.1) is 13.1 Å². The van der Waals surface area contributed by atoms with E-state index >= 15 is 0 Å². The van der Waals surface area contributed by atoms with Gasteiger partial charge in [-0.15, -0.1) is 4.68 Å². The number of aryl methyl sites for hydroxylation is 1. The van der Waals surface area contributed by atoms with Crippen LogP contribution < -0.4 is 10.4 Å². The quantitative estimate of drug-likeness (QED) is 0.663. The summed E-state index contributed by atoms with van der Waals surface area (Å²) < 4.78 is 19.8. The molecule has 0 radical (unpaired) electrons. The van der Waals surface area contributed by atoms with E-state index in [2.05, 4.69) is 20.6 Å². The Morgan fingerprint density at radius 2 is 2.47 bits per heavy atom. The number of nitrogens with zero attached hydrogens (tertiary/aromatic N) is 6. The summed E-state index contributed by atoms with van der Waals surface area (Å²) in [4.78, 5) is 15.6. The number of tetrazole rings is 1. The second kappa shape index (κ2) is 4.65. The van der Waals surface area contributed by atoms with E-state index in [-0.39, 0.29) is 18.7 Å². The molecule has 0 spiro atoms. The summed E-state index contributed by atoms with van der Waals surface area (Å²) in [6, 6.07) is 0. The van der Waals surface area contributed by atoms with Crippen molar-refractivity contribution >= 4 is 11.3 Å². The molecule has 0 aliphatic carbocycles. The Morgan fingerprint density at radius 1 is 1.58 bits per heavy atom. The van der Waals surface area contributed by atoms with Crippen molar-refractivity contribution < 1.29 is 10.6 Å². The highest BCUT2D eigenvalue weighted by atomic mass is 32.1. The van der Waals surface area contributed by atoms with Crippen LogP contribution in [0.4, 0.5) is 0 Å². The van der Waals surface area contributed by atoms with E-state index in [1.165, 1.54) is 24.6 Å². The predicted molar refractivity (Wildman–Crippen MR) is 63.1 cm³/mol. The van der Waals surface area contributed by atoms with Crippen molar-refractivity contribution in [2.75, 3.05) is 0 Å². The molecule has 0 saturated heterocycles. The van der Waals surface area contributed by atoms with Crippen LogP contribution in [0.1, 0.15) is 6.93 Å². The zero-order chi connectivity index (χ0) is 14.1. The minimum atomic E-state index is -0.453. The Labute approximate surface area is 111 Å². The van der Waals surface area contributed by atoms with Crippen LogP contribution in [-0.2, 0) is 13.7 Å². The van der Waals surface area contributed by atoms with Gasteiger partial charge in [0, 0.05) is 18.6 Å². The summed E-state index contributed by atoms with van der Waals surface area (Å²) in [6.45, 7) is 0.0921. The van der Waals surface area contributed by atoms with Gasteiger partial charge in [0.15, 0.2) is 0 Å². The number of thiazole rings is 1. The first-order valence-electron chi connectivity index (χ1n) is 5.63. The fraction of sp³-hybridized carbons (Fsp3) is 0.222. The maximum atomic E-state index is 11.7. The van der Waals surface area contributed by atoms with Gasteiger partial charge in [-0.1, -0.05) is 16.5 Å². The van der Waals surface area contributed by atoms with E-state index in [1.807, 2.05) is 0 Å². The van der Waals surface area contributed by atoms with E-state index < -0.39 is 5.69 Å². The minimum absolute atomic E-state index is 0.0921. The van der Waals surface area contributed by atoms with Crippen LogP contribution in [0.3, 0.4) is 0 Å². The topological polar surface area (TPSA) is 101 Å². The summed E-state index contributed by atoms with van der Waals surface area (Å²) in [5.41, 5.74) is 0.0695. The van der Waals surface area contributed by atoms with Crippen molar-refractivity contribution in [3.63, 3.8) is 0 Å². The average Bonchev–Trinajstić information content (AvgIpc) is 3.11. The van der Waals surface area contributed by atoms with Crippen LogP contribution in [0, 0.1) is 0 Å². The lowest BCUT2D eigenvalue weighted by atomic mass is 10.3. The summed E-state index contributed by atoms with van der Waals surface area (Å²) in [5.74, 6) is 0.144. The van der Waals surface area contributed by atoms with Gasteiger partial charge in [0.25, 0.3) is 11.1 Å². The summed E-state index contributed by atoms with van der Waals surface area (Å²) in [7, 11) is 1.48. The van der Waals surface area contributed by atoms with Crippen LogP contribution in [-0.4, -0.2) is 29.9 Å². The number of aromatic nitrogens is 6. The molecule has 0 fully saturated rings. The highest BCUT2D eigenvalue weighted by Gasteiger charge is 2.16. The predicted octanol–water partition coefficient (Wildman–Crippen LogP) is -0.0105. The normalized spacial score (nSPS) is 11.5. The number of ether oxygens (including phenoxy) is 1. The Kier molecular flexibility index (Phi) is 2.55. The van der Waals surface area contributed by atoms with Gasteiger partial charge in [-0.25, -0.2) is 9.78 Å². The molecule has 19 heavy (non-hydrogen) atoms. The molecular weight excluding hydrogens is 272 g/mol. The number of hydrogen-bond acceptors (Lipinski definition) is 8. The molecule has 0 aliphatic heterocycles. The van der Waals surface area contributed by atoms with Gasteiger partial charge in [-0.05, 0) is 10.4 Å². The fourth-order valence-corrected chi connectivity index (χ4v) is 1.80. The largest absolute Gasteiger partial charge is 0.465 e. The molecule has 0 N–H and O–H groups in total. The second-order valence-electron chi connectivity index (χ2n) is 3.48. The fourth-order valence-electron chi connectivity index (χ4n) is 1.36. The molecule has 3 heterocycles. The van der Waals surface area contributed by atoms with Crippen molar-refractivity contribution in [1.82, 2.24) is 29.9 Å². The first kappa shape index (κ1) is 10.4. The monoisotopic (exact) mass is 282 g/mol. The smallest absolute Gasteiger partial charge is 0.370 e. The molecule has 3 aromatic rings. The molecule has 9 nitrogen and oxygen atoms in total. The van der Waals surface area contributed by atoms with Gasteiger partial charge < -0.3 is 9.26 Å². The highest BCUT2D eigenvalue weighted by Crippen LogP contribution is 2.18. The molecule has 0 atom stereocenters. The Morgan fingerprint density at radius 3 is 3.16 bits per heavy atom. The van der Waals surface area contributed by atoms with E-state index in [4.69, 9.17) is 10.6 Å². The van der Waals surface area contributed by atoms with Crippen molar-refractivity contribution in [1.29, 1.82) is 0 Å². The summed E-state index contributed by atoms with van der Waals surface area (Å²) >= 11 is 1.21. The zero-order valence-corrected chi connectivity index (χ0v) is 10.5. The van der Waals surface area contributed by atoms with Gasteiger partial charge >= 0.3 is 5.69 Å². The van der Waals surface area contributed by atoms with Crippen LogP contribution in [0.15, 0.2) is 27.1 Å². The van der Waals surface area contributed by atoms with Crippen molar-refractivity contribution in [3.8, 4) is 11.1 Å². The highest BCUT2D eigenvalue weighted by molar-refractivity contribution is 7.11. The number of hydrogen-bond donors (Lipinski definition) is 0. The first-order chi connectivity index (χ1) is 9.65. The molecule has 3 aromatic heterocycles. The van der Waals surface area contributed by atoms with Crippen molar-refractivity contribution in [2.24, 2.45) is 7.05 Å². The van der Waals surface area contributed by atoms with Crippen LogP contribution in [0.5, 0.6) is 5.19 Å². The Balaban J connectivity index is 1.83. The lowest BCUT2D eigenvalue weighted by Gasteiger charge is -2.00. The third kappa shape index (κ3) is 2.12. The standard InChI is InChI=1S/C9H8N6O3S/c1-14-9(16)15(13-12-14)7-6(4-11-18-7)5-17-8-10-2-3-19-8/h2-4H,5H2,1H3/i2T. The van der Waals surface area contributed by atoms with E-state index in [1.54, 1.807) is 5.38 Å². The van der Waals surface area contributed by atoms with Gasteiger partial charge in [0.1, 0.15) is 6.61 Å². The molecule has 0 saturated carbocycles. The van der Waals surface area contributed by atoms with Gasteiger partial charge in [0.2, 0.25) is 0 Å². The zero-order valence-electron chi connectivity index (χ0n) is 10.7. The molecule has 0 bridgehead atoms. The van der Waals surface area contributed by atoms with Crippen LogP contribution >= 0.6 is 11.3 Å². The molecule has 0 amide bonds. The third-order valence-electron chi connectivity index (χ3n) is 2.26. The SMILES string of the molecule is [3H]c1csc(OCc2cnoc2-n2nnn(C)c2=O)n1. The lowest BCUT2D eigenvalue weighted by molar-refractivity contribution is 0.301. The molecule has 0 aromatic carbocycles. The van der Waals surface area contributed by atoms with E-state index in [0.29, 0.717) is 10.8 Å². The third-order valence-corrected chi connectivity index (χ3v) is 2.89.